The summed E-state index contributed by atoms with van der Waals surface area (Å²) in [6.45, 7) is 6.12. The molecule has 4 aromatic rings. The second kappa shape index (κ2) is 7.44. The van der Waals surface area contributed by atoms with Crippen LogP contribution in [0.4, 0.5) is 5.13 Å². The normalized spacial score (nSPS) is 11.0. The van der Waals surface area contributed by atoms with Crippen molar-refractivity contribution in [2.75, 3.05) is 5.32 Å². The first-order valence-corrected chi connectivity index (χ1v) is 9.65. The lowest BCUT2D eigenvalue weighted by atomic mass is 10.2. The van der Waals surface area contributed by atoms with Gasteiger partial charge in [-0.3, -0.25) is 10.1 Å². The minimum atomic E-state index is -0.200. The highest BCUT2D eigenvalue weighted by Crippen LogP contribution is 2.28. The van der Waals surface area contributed by atoms with E-state index in [1.807, 2.05) is 39.0 Å². The highest BCUT2D eigenvalue weighted by atomic mass is 32.1. The van der Waals surface area contributed by atoms with Crippen molar-refractivity contribution >= 4 is 32.6 Å². The van der Waals surface area contributed by atoms with E-state index in [9.17, 15) is 4.79 Å². The molecule has 0 atom stereocenters. The van der Waals surface area contributed by atoms with Crippen molar-refractivity contribution < 1.29 is 14.1 Å². The molecule has 0 saturated carbocycles. The van der Waals surface area contributed by atoms with E-state index in [0.29, 0.717) is 23.1 Å². The van der Waals surface area contributed by atoms with E-state index in [-0.39, 0.29) is 5.91 Å². The number of hydrogen-bond donors (Lipinski definition) is 1. The van der Waals surface area contributed by atoms with Gasteiger partial charge in [-0.1, -0.05) is 28.6 Å². The number of benzene rings is 2. The number of carbonyl (C=O) groups excluding carboxylic acids is 1. The number of nitrogens with zero attached hydrogens (tertiary/aromatic N) is 2. The summed E-state index contributed by atoms with van der Waals surface area (Å²) in [6.07, 6.45) is 0. The molecule has 0 unspecified atom stereocenters. The summed E-state index contributed by atoms with van der Waals surface area (Å²) in [6, 6.07) is 13.0. The molecule has 7 heteroatoms. The molecule has 2 aromatic heterocycles. The lowest BCUT2D eigenvalue weighted by Gasteiger charge is -2.07. The fourth-order valence-corrected chi connectivity index (χ4v) is 3.81. The molecule has 0 fully saturated rings. The quantitative estimate of drug-likeness (QED) is 0.514. The van der Waals surface area contributed by atoms with Crippen LogP contribution in [0.3, 0.4) is 0 Å². The Morgan fingerprint density at radius 2 is 1.93 bits per heavy atom. The Kier molecular flexibility index (Phi) is 4.83. The van der Waals surface area contributed by atoms with E-state index < -0.39 is 0 Å². The Balaban J connectivity index is 1.42. The molecular weight excluding hydrogens is 374 g/mol. The Hall–Kier alpha value is -3.19. The van der Waals surface area contributed by atoms with Crippen molar-refractivity contribution in [3.8, 4) is 5.75 Å². The number of anilines is 1. The van der Waals surface area contributed by atoms with E-state index in [1.165, 1.54) is 11.3 Å². The summed E-state index contributed by atoms with van der Waals surface area (Å²) in [5.74, 6) is 1.22. The number of aromatic nitrogens is 2. The summed E-state index contributed by atoms with van der Waals surface area (Å²) < 4.78 is 12.0. The standard InChI is InChI=1S/C21H19N3O3S/c1-12-5-4-6-18-19(12)22-21(28-18)23-20(25)15-7-9-16(10-8-15)26-11-17-13(2)24-27-14(17)3/h4-10H,11H2,1-3H3,(H,22,23,25). The van der Waals surface area contributed by atoms with E-state index >= 15 is 0 Å². The summed E-state index contributed by atoms with van der Waals surface area (Å²) in [7, 11) is 0. The molecule has 0 aliphatic heterocycles. The maximum atomic E-state index is 12.5. The number of nitrogens with one attached hydrogen (secondary N) is 1. The van der Waals surface area contributed by atoms with E-state index in [2.05, 4.69) is 15.5 Å². The third-order valence-corrected chi connectivity index (χ3v) is 5.46. The Labute approximate surface area is 166 Å². The molecule has 2 aromatic carbocycles. The second-order valence-electron chi connectivity index (χ2n) is 6.51. The van der Waals surface area contributed by atoms with E-state index in [1.54, 1.807) is 24.3 Å². The number of fused-ring (bicyclic) bond motifs is 1. The number of hydrogen-bond acceptors (Lipinski definition) is 6. The molecule has 2 heterocycles. The van der Waals surface area contributed by atoms with Gasteiger partial charge in [0.2, 0.25) is 0 Å². The predicted molar refractivity (Wildman–Crippen MR) is 109 cm³/mol. The third kappa shape index (κ3) is 3.61. The van der Waals surface area contributed by atoms with Crippen LogP contribution in [0, 0.1) is 20.8 Å². The first-order valence-electron chi connectivity index (χ1n) is 8.83. The van der Waals surface area contributed by atoms with Crippen molar-refractivity contribution in [2.45, 2.75) is 27.4 Å². The number of rotatable bonds is 5. The van der Waals surface area contributed by atoms with Crippen molar-refractivity contribution in [3.63, 3.8) is 0 Å². The minimum Gasteiger partial charge on any atom is -0.489 e. The minimum absolute atomic E-state index is 0.200. The molecule has 0 aliphatic carbocycles. The molecule has 0 saturated heterocycles. The molecule has 0 spiro atoms. The van der Waals surface area contributed by atoms with Gasteiger partial charge in [0, 0.05) is 5.56 Å². The van der Waals surface area contributed by atoms with Gasteiger partial charge in [0.1, 0.15) is 18.1 Å². The Morgan fingerprint density at radius 3 is 2.61 bits per heavy atom. The number of carbonyl (C=O) groups is 1. The zero-order chi connectivity index (χ0) is 19.7. The summed E-state index contributed by atoms with van der Waals surface area (Å²) >= 11 is 1.46. The smallest absolute Gasteiger partial charge is 0.257 e. The molecule has 4 rings (SSSR count). The first kappa shape index (κ1) is 18.2. The molecule has 0 radical (unpaired) electrons. The second-order valence-corrected chi connectivity index (χ2v) is 7.54. The molecule has 6 nitrogen and oxygen atoms in total. The summed E-state index contributed by atoms with van der Waals surface area (Å²) in [4.78, 5) is 17.0. The Bertz CT molecular complexity index is 1130. The maximum absolute atomic E-state index is 12.5. The molecule has 1 amide bonds. The van der Waals surface area contributed by atoms with Gasteiger partial charge in [-0.2, -0.15) is 0 Å². The molecule has 142 valence electrons. The molecule has 1 N–H and O–H groups in total. The lowest BCUT2D eigenvalue weighted by Crippen LogP contribution is -2.11. The largest absolute Gasteiger partial charge is 0.489 e. The average molecular weight is 393 g/mol. The predicted octanol–water partition coefficient (Wildman–Crippen LogP) is 5.04. The number of para-hydroxylation sites is 1. The molecular formula is C21H19N3O3S. The number of amides is 1. The zero-order valence-electron chi connectivity index (χ0n) is 15.8. The highest BCUT2D eigenvalue weighted by molar-refractivity contribution is 7.22. The van der Waals surface area contributed by atoms with Gasteiger partial charge in [0.25, 0.3) is 5.91 Å². The van der Waals surface area contributed by atoms with Crippen LogP contribution in [0.15, 0.2) is 47.0 Å². The van der Waals surface area contributed by atoms with Crippen LogP contribution in [-0.4, -0.2) is 16.0 Å². The number of aryl methyl sites for hydroxylation is 3. The van der Waals surface area contributed by atoms with Gasteiger partial charge in [0.05, 0.1) is 21.5 Å². The third-order valence-electron chi connectivity index (χ3n) is 4.52. The zero-order valence-corrected chi connectivity index (χ0v) is 16.6. The average Bonchev–Trinajstić information content (AvgIpc) is 3.24. The van der Waals surface area contributed by atoms with Crippen LogP contribution in [0.1, 0.15) is 32.9 Å². The van der Waals surface area contributed by atoms with Gasteiger partial charge in [-0.05, 0) is 56.7 Å². The highest BCUT2D eigenvalue weighted by Gasteiger charge is 2.12. The molecule has 0 aliphatic rings. The number of thiazole rings is 1. The monoisotopic (exact) mass is 393 g/mol. The van der Waals surface area contributed by atoms with Gasteiger partial charge in [-0.15, -0.1) is 0 Å². The van der Waals surface area contributed by atoms with Crippen molar-refractivity contribution in [2.24, 2.45) is 0 Å². The van der Waals surface area contributed by atoms with E-state index in [0.717, 1.165) is 32.8 Å². The SMILES string of the molecule is Cc1noc(C)c1COc1ccc(C(=O)Nc2nc3c(C)cccc3s2)cc1. The maximum Gasteiger partial charge on any atom is 0.257 e. The van der Waals surface area contributed by atoms with Crippen LogP contribution in [0.5, 0.6) is 5.75 Å². The van der Waals surface area contributed by atoms with Gasteiger partial charge in [-0.25, -0.2) is 4.98 Å². The first-order chi connectivity index (χ1) is 13.5. The molecule has 28 heavy (non-hydrogen) atoms. The topological polar surface area (TPSA) is 77.2 Å². The van der Waals surface area contributed by atoms with E-state index in [4.69, 9.17) is 9.26 Å². The van der Waals surface area contributed by atoms with Gasteiger partial charge in [0.15, 0.2) is 5.13 Å². The van der Waals surface area contributed by atoms with Gasteiger partial charge >= 0.3 is 0 Å². The summed E-state index contributed by atoms with van der Waals surface area (Å²) in [5, 5.41) is 7.38. The lowest BCUT2D eigenvalue weighted by molar-refractivity contribution is 0.102. The van der Waals surface area contributed by atoms with Crippen molar-refractivity contribution in [1.82, 2.24) is 10.1 Å². The number of ether oxygens (including phenoxy) is 1. The van der Waals surface area contributed by atoms with Crippen LogP contribution in [0.25, 0.3) is 10.2 Å². The van der Waals surface area contributed by atoms with Crippen molar-refractivity contribution in [1.29, 1.82) is 0 Å². The van der Waals surface area contributed by atoms with Crippen LogP contribution in [-0.2, 0) is 6.61 Å². The summed E-state index contributed by atoms with van der Waals surface area (Å²) in [5.41, 5.74) is 4.31. The van der Waals surface area contributed by atoms with Crippen LogP contribution >= 0.6 is 11.3 Å². The molecule has 0 bridgehead atoms. The van der Waals surface area contributed by atoms with Crippen LogP contribution in [0.2, 0.25) is 0 Å². The van der Waals surface area contributed by atoms with Gasteiger partial charge < -0.3 is 9.26 Å². The fraction of sp³-hybridized carbons (Fsp3) is 0.190. The van der Waals surface area contributed by atoms with Crippen molar-refractivity contribution in [3.05, 3.63) is 70.6 Å². The fourth-order valence-electron chi connectivity index (χ4n) is 2.87. The Morgan fingerprint density at radius 1 is 1.14 bits per heavy atom. The van der Waals surface area contributed by atoms with Crippen LogP contribution < -0.4 is 10.1 Å².